The molecule has 7 nitrogen and oxygen atoms in total. The number of pyridine rings is 1. The van der Waals surface area contributed by atoms with Gasteiger partial charge in [0.25, 0.3) is 0 Å². The van der Waals surface area contributed by atoms with Gasteiger partial charge in [0.1, 0.15) is 24.1 Å². The third-order valence-corrected chi connectivity index (χ3v) is 4.32. The number of alkyl halides is 3. The molecule has 3 aromatic rings. The SMILES string of the molecule is CC(C)[C@@H](Nc1ccnc(-c2c[nH]c3ncc(Cl)cc23)n1)C(=O)NCC(F)(F)F.[HH].[HH].[HH]. The summed E-state index contributed by atoms with van der Waals surface area (Å²) in [5.41, 5.74) is 1.26. The Balaban J connectivity index is 0.00000320. The molecular formula is C18H24ClF3N6O. The second-order valence-electron chi connectivity index (χ2n) is 6.72. The average molecular weight is 433 g/mol. The van der Waals surface area contributed by atoms with E-state index in [-0.39, 0.29) is 10.2 Å². The molecule has 11 heteroatoms. The van der Waals surface area contributed by atoms with E-state index >= 15 is 0 Å². The number of aromatic amines is 1. The van der Waals surface area contributed by atoms with E-state index in [0.29, 0.717) is 27.9 Å². The first-order valence-electron chi connectivity index (χ1n) is 8.71. The number of fused-ring (bicyclic) bond motifs is 1. The zero-order valence-corrected chi connectivity index (χ0v) is 16.3. The summed E-state index contributed by atoms with van der Waals surface area (Å²) in [7, 11) is 0. The molecule has 160 valence electrons. The zero-order chi connectivity index (χ0) is 21.2. The third kappa shape index (κ3) is 5.14. The number of halogens is 4. The number of hydrogen-bond acceptors (Lipinski definition) is 5. The molecule has 1 amide bonds. The Bertz CT molecular complexity index is 1030. The quantitative estimate of drug-likeness (QED) is 0.532. The Morgan fingerprint density at radius 1 is 1.34 bits per heavy atom. The van der Waals surface area contributed by atoms with Crippen molar-refractivity contribution in [1.82, 2.24) is 25.3 Å². The van der Waals surface area contributed by atoms with Crippen LogP contribution < -0.4 is 10.6 Å². The van der Waals surface area contributed by atoms with Crippen LogP contribution in [0.3, 0.4) is 0 Å². The highest BCUT2D eigenvalue weighted by atomic mass is 35.5. The maximum Gasteiger partial charge on any atom is 0.405 e. The van der Waals surface area contributed by atoms with Crippen LogP contribution in [-0.2, 0) is 4.79 Å². The fraction of sp³-hybridized carbons (Fsp3) is 0.333. The smallest absolute Gasteiger partial charge is 0.358 e. The molecular weight excluding hydrogens is 409 g/mol. The first-order chi connectivity index (χ1) is 13.6. The number of carbonyl (C=O) groups is 1. The molecule has 3 N–H and O–H groups in total. The van der Waals surface area contributed by atoms with E-state index < -0.39 is 24.7 Å². The van der Waals surface area contributed by atoms with E-state index in [1.54, 1.807) is 26.1 Å². The van der Waals surface area contributed by atoms with Gasteiger partial charge in [0.15, 0.2) is 5.82 Å². The van der Waals surface area contributed by atoms with Crippen LogP contribution in [-0.4, -0.2) is 44.6 Å². The van der Waals surface area contributed by atoms with Gasteiger partial charge >= 0.3 is 6.18 Å². The lowest BCUT2D eigenvalue weighted by Gasteiger charge is -2.22. The highest BCUT2D eigenvalue weighted by molar-refractivity contribution is 6.31. The van der Waals surface area contributed by atoms with Gasteiger partial charge in [-0.3, -0.25) is 4.79 Å². The van der Waals surface area contributed by atoms with Gasteiger partial charge in [-0.2, -0.15) is 13.2 Å². The maximum atomic E-state index is 12.4. The number of hydrogen-bond donors (Lipinski definition) is 3. The first kappa shape index (κ1) is 20.8. The molecule has 0 saturated carbocycles. The van der Waals surface area contributed by atoms with Gasteiger partial charge in [0.05, 0.1) is 5.02 Å². The molecule has 1 atom stereocenters. The second kappa shape index (κ2) is 8.24. The van der Waals surface area contributed by atoms with E-state index in [1.165, 1.54) is 18.5 Å². The monoisotopic (exact) mass is 432 g/mol. The fourth-order valence-corrected chi connectivity index (χ4v) is 2.88. The van der Waals surface area contributed by atoms with Crippen LogP contribution in [0.5, 0.6) is 0 Å². The predicted octanol–water partition coefficient (Wildman–Crippen LogP) is 4.53. The number of nitrogens with one attached hydrogen (secondary N) is 3. The Kier molecular flexibility index (Phi) is 5.92. The van der Waals surface area contributed by atoms with Crippen molar-refractivity contribution >= 4 is 34.4 Å². The van der Waals surface area contributed by atoms with Crippen LogP contribution in [0.25, 0.3) is 22.4 Å². The minimum absolute atomic E-state index is 0. The summed E-state index contributed by atoms with van der Waals surface area (Å²) in [5.74, 6) is -0.387. The normalized spacial score (nSPS) is 12.9. The minimum atomic E-state index is -4.48. The molecule has 3 aromatic heterocycles. The summed E-state index contributed by atoms with van der Waals surface area (Å²) < 4.78 is 37.2. The lowest BCUT2D eigenvalue weighted by molar-refractivity contribution is -0.139. The van der Waals surface area contributed by atoms with Crippen molar-refractivity contribution in [2.24, 2.45) is 5.92 Å². The number of nitrogens with zero attached hydrogens (tertiary/aromatic N) is 3. The van der Waals surface area contributed by atoms with Gasteiger partial charge in [0, 0.05) is 33.8 Å². The second-order valence-corrected chi connectivity index (χ2v) is 7.15. The minimum Gasteiger partial charge on any atom is -0.358 e. The molecule has 3 rings (SSSR count). The topological polar surface area (TPSA) is 95.6 Å². The lowest BCUT2D eigenvalue weighted by atomic mass is 10.0. The molecule has 0 radical (unpaired) electrons. The van der Waals surface area contributed by atoms with Crippen molar-refractivity contribution in [3.8, 4) is 11.4 Å². The number of aromatic nitrogens is 4. The number of anilines is 1. The highest BCUT2D eigenvalue weighted by Crippen LogP contribution is 2.27. The van der Waals surface area contributed by atoms with E-state index in [0.717, 1.165) is 5.39 Å². The largest absolute Gasteiger partial charge is 0.405 e. The number of amides is 1. The highest BCUT2D eigenvalue weighted by Gasteiger charge is 2.30. The number of H-pyrrole nitrogens is 1. The van der Waals surface area contributed by atoms with Gasteiger partial charge in [-0.25, -0.2) is 15.0 Å². The first-order valence-corrected chi connectivity index (χ1v) is 9.09. The Labute approximate surface area is 173 Å². The third-order valence-electron chi connectivity index (χ3n) is 4.11. The summed E-state index contributed by atoms with van der Waals surface area (Å²) in [6.07, 6.45) is 0.204. The van der Waals surface area contributed by atoms with Crippen molar-refractivity contribution in [3.05, 3.63) is 35.7 Å². The molecule has 0 fully saturated rings. The Morgan fingerprint density at radius 2 is 2.10 bits per heavy atom. The van der Waals surface area contributed by atoms with Gasteiger partial charge in [-0.1, -0.05) is 25.4 Å². The molecule has 0 aliphatic carbocycles. The molecule has 3 heterocycles. The fourth-order valence-electron chi connectivity index (χ4n) is 2.72. The van der Waals surface area contributed by atoms with E-state index in [2.05, 4.69) is 25.3 Å². The van der Waals surface area contributed by atoms with Crippen LogP contribution in [0.1, 0.15) is 18.1 Å². The molecule has 29 heavy (non-hydrogen) atoms. The Hall–Kier alpha value is -2.88. The Morgan fingerprint density at radius 3 is 2.79 bits per heavy atom. The summed E-state index contributed by atoms with van der Waals surface area (Å²) in [5, 5.41) is 5.97. The van der Waals surface area contributed by atoms with Crippen molar-refractivity contribution in [2.45, 2.75) is 26.1 Å². The van der Waals surface area contributed by atoms with Crippen LogP contribution in [0.2, 0.25) is 5.02 Å². The number of rotatable bonds is 6. The summed E-state index contributed by atoms with van der Waals surface area (Å²) in [6, 6.07) is 2.36. The standard InChI is InChI=1S/C18H18ClF3N6O.3H2/c1-9(2)14(17(29)26-8-18(20,21)22)27-13-3-4-23-16(28-13)12-7-25-15-11(12)5-10(19)6-24-15;;;/h3-7,9,14H,8H2,1-2H3,(H,24,25)(H,26,29)(H,23,27,28);3*1H/t14-;;;/m1.../s1. The van der Waals surface area contributed by atoms with Gasteiger partial charge in [-0.05, 0) is 18.1 Å². The van der Waals surface area contributed by atoms with E-state index in [9.17, 15) is 18.0 Å². The molecule has 0 saturated heterocycles. The van der Waals surface area contributed by atoms with Crippen molar-refractivity contribution in [2.75, 3.05) is 11.9 Å². The van der Waals surface area contributed by atoms with Crippen LogP contribution in [0, 0.1) is 5.92 Å². The molecule has 0 aliphatic rings. The van der Waals surface area contributed by atoms with Crippen LogP contribution in [0.4, 0.5) is 19.0 Å². The molecule has 0 aromatic carbocycles. The summed E-state index contributed by atoms with van der Waals surface area (Å²) in [6.45, 7) is 2.05. The number of carbonyl (C=O) groups excluding carboxylic acids is 1. The maximum absolute atomic E-state index is 12.4. The molecule has 0 unspecified atom stereocenters. The molecule has 0 bridgehead atoms. The van der Waals surface area contributed by atoms with Crippen LogP contribution >= 0.6 is 11.6 Å². The zero-order valence-electron chi connectivity index (χ0n) is 15.5. The van der Waals surface area contributed by atoms with Crippen molar-refractivity contribution in [1.29, 1.82) is 0 Å². The predicted molar refractivity (Wildman–Crippen MR) is 110 cm³/mol. The average Bonchev–Trinajstić information content (AvgIpc) is 3.06. The van der Waals surface area contributed by atoms with Crippen molar-refractivity contribution < 1.29 is 22.2 Å². The van der Waals surface area contributed by atoms with Gasteiger partial charge in [0.2, 0.25) is 5.91 Å². The van der Waals surface area contributed by atoms with Crippen molar-refractivity contribution in [3.63, 3.8) is 0 Å². The van der Waals surface area contributed by atoms with Gasteiger partial charge in [-0.15, -0.1) is 0 Å². The summed E-state index contributed by atoms with van der Waals surface area (Å²) >= 11 is 6.01. The van der Waals surface area contributed by atoms with E-state index in [4.69, 9.17) is 11.6 Å². The lowest BCUT2D eigenvalue weighted by Crippen LogP contribution is -2.46. The van der Waals surface area contributed by atoms with Gasteiger partial charge < -0.3 is 15.6 Å². The molecule has 0 spiro atoms. The van der Waals surface area contributed by atoms with Crippen LogP contribution in [0.15, 0.2) is 30.7 Å². The molecule has 0 aliphatic heterocycles. The van der Waals surface area contributed by atoms with E-state index in [1.807, 2.05) is 5.32 Å². The summed E-state index contributed by atoms with van der Waals surface area (Å²) in [4.78, 5) is 28.0.